The molecule has 35 heavy (non-hydrogen) atoms. The van der Waals surface area contributed by atoms with E-state index in [1.165, 1.54) is 25.2 Å². The van der Waals surface area contributed by atoms with Crippen molar-refractivity contribution < 1.29 is 35.9 Å². The van der Waals surface area contributed by atoms with Crippen LogP contribution in [0.4, 0.5) is 24.5 Å². The van der Waals surface area contributed by atoms with Gasteiger partial charge in [-0.25, -0.2) is 13.2 Å². The second kappa shape index (κ2) is 10.4. The molecule has 0 bridgehead atoms. The van der Waals surface area contributed by atoms with Crippen LogP contribution in [0.1, 0.15) is 15.9 Å². The number of alkyl halides is 3. The number of sulfonamides is 1. The lowest BCUT2D eigenvalue weighted by Gasteiger charge is -2.19. The summed E-state index contributed by atoms with van der Waals surface area (Å²) < 4.78 is 71.2. The molecule has 7 nitrogen and oxygen atoms in total. The van der Waals surface area contributed by atoms with E-state index in [0.717, 1.165) is 22.5 Å². The zero-order valence-corrected chi connectivity index (χ0v) is 19.6. The molecule has 0 unspecified atom stereocenters. The first kappa shape index (κ1) is 26.0. The van der Waals surface area contributed by atoms with E-state index in [-0.39, 0.29) is 15.5 Å². The van der Waals surface area contributed by atoms with Crippen LogP contribution < -0.4 is 9.62 Å². The van der Waals surface area contributed by atoms with E-state index in [4.69, 9.17) is 16.3 Å². The number of benzene rings is 3. The Morgan fingerprint density at radius 3 is 2.34 bits per heavy atom. The van der Waals surface area contributed by atoms with Gasteiger partial charge in [-0.3, -0.25) is 9.10 Å². The van der Waals surface area contributed by atoms with E-state index >= 15 is 0 Å². The zero-order valence-electron chi connectivity index (χ0n) is 18.0. The molecule has 3 aromatic rings. The third-order valence-corrected chi connectivity index (χ3v) is 6.76. The van der Waals surface area contributed by atoms with Crippen molar-refractivity contribution >= 4 is 44.9 Å². The number of esters is 1. The van der Waals surface area contributed by atoms with Crippen LogP contribution >= 0.6 is 11.6 Å². The second-order valence-corrected chi connectivity index (χ2v) is 9.55. The van der Waals surface area contributed by atoms with Crippen LogP contribution in [0, 0.1) is 0 Å². The molecule has 1 N–H and O–H groups in total. The van der Waals surface area contributed by atoms with Gasteiger partial charge < -0.3 is 10.1 Å². The highest BCUT2D eigenvalue weighted by atomic mass is 35.5. The van der Waals surface area contributed by atoms with Crippen LogP contribution in [0.2, 0.25) is 5.02 Å². The highest BCUT2D eigenvalue weighted by Crippen LogP contribution is 2.36. The van der Waals surface area contributed by atoms with Gasteiger partial charge in [-0.15, -0.1) is 0 Å². The number of anilines is 2. The molecule has 184 valence electrons. The van der Waals surface area contributed by atoms with Gasteiger partial charge in [-0.1, -0.05) is 35.9 Å². The van der Waals surface area contributed by atoms with Gasteiger partial charge >= 0.3 is 12.1 Å². The summed E-state index contributed by atoms with van der Waals surface area (Å²) in [6.45, 7) is -0.903. The van der Waals surface area contributed by atoms with Gasteiger partial charge in [0.1, 0.15) is 0 Å². The van der Waals surface area contributed by atoms with Crippen molar-refractivity contribution in [2.75, 3.05) is 23.3 Å². The molecule has 0 aliphatic rings. The topological polar surface area (TPSA) is 92.8 Å². The molecule has 0 heterocycles. The van der Waals surface area contributed by atoms with E-state index in [0.29, 0.717) is 11.8 Å². The molecule has 3 rings (SSSR count). The van der Waals surface area contributed by atoms with Gasteiger partial charge in [0.2, 0.25) is 0 Å². The van der Waals surface area contributed by atoms with Gasteiger partial charge in [0, 0.05) is 12.1 Å². The number of nitrogens with one attached hydrogen (secondary N) is 1. The number of carbonyl (C=O) groups is 2. The Kier molecular flexibility index (Phi) is 7.71. The number of rotatable bonds is 7. The summed E-state index contributed by atoms with van der Waals surface area (Å²) in [6.07, 6.45) is -4.77. The SMILES string of the molecule is CN(c1ccccc1)S(=O)(=O)c1cccc(C(=O)OCC(=O)Nc2ccc(Cl)cc2C(F)(F)F)c1. The molecule has 0 aromatic heterocycles. The summed E-state index contributed by atoms with van der Waals surface area (Å²) in [7, 11) is -2.66. The van der Waals surface area contributed by atoms with Crippen molar-refractivity contribution in [3.8, 4) is 0 Å². The van der Waals surface area contributed by atoms with E-state index < -0.39 is 45.9 Å². The average Bonchev–Trinajstić information content (AvgIpc) is 2.83. The van der Waals surface area contributed by atoms with Crippen LogP contribution in [-0.4, -0.2) is 33.9 Å². The molecule has 0 radical (unpaired) electrons. The third kappa shape index (κ3) is 6.31. The fourth-order valence-electron chi connectivity index (χ4n) is 2.98. The molecule has 0 aliphatic carbocycles. The summed E-state index contributed by atoms with van der Waals surface area (Å²) in [4.78, 5) is 24.3. The second-order valence-electron chi connectivity index (χ2n) is 7.15. The minimum Gasteiger partial charge on any atom is -0.452 e. The first-order valence-corrected chi connectivity index (χ1v) is 11.7. The van der Waals surface area contributed by atoms with Gasteiger partial charge in [0.15, 0.2) is 6.61 Å². The zero-order chi connectivity index (χ0) is 25.8. The van der Waals surface area contributed by atoms with Gasteiger partial charge in [-0.2, -0.15) is 13.2 Å². The third-order valence-electron chi connectivity index (χ3n) is 4.74. The van der Waals surface area contributed by atoms with E-state index in [2.05, 4.69) is 0 Å². The summed E-state index contributed by atoms with van der Waals surface area (Å²) >= 11 is 5.60. The molecule has 12 heteroatoms. The Hall–Kier alpha value is -3.57. The number of nitrogens with zero attached hydrogens (tertiary/aromatic N) is 1. The number of amides is 1. The van der Waals surface area contributed by atoms with E-state index in [9.17, 15) is 31.2 Å². The quantitative estimate of drug-likeness (QED) is 0.438. The number of carbonyl (C=O) groups excluding carboxylic acids is 2. The molecule has 1 amide bonds. The standard InChI is InChI=1S/C23H18ClF3N2O5S/c1-29(17-7-3-2-4-8-17)35(32,33)18-9-5-6-15(12-18)22(31)34-14-21(30)28-20-11-10-16(24)13-19(20)23(25,26)27/h2-13H,14H2,1H3,(H,28,30). The molecular weight excluding hydrogens is 509 g/mol. The van der Waals surface area contributed by atoms with Crippen LogP contribution in [-0.2, 0) is 25.7 Å². The maximum Gasteiger partial charge on any atom is 0.418 e. The Morgan fingerprint density at radius 1 is 1.00 bits per heavy atom. The molecule has 0 spiro atoms. The number of hydrogen-bond acceptors (Lipinski definition) is 5. The van der Waals surface area contributed by atoms with Crippen molar-refractivity contribution in [3.05, 3.63) is 88.9 Å². The minimum absolute atomic E-state index is 0.164. The molecule has 0 saturated heterocycles. The summed E-state index contributed by atoms with van der Waals surface area (Å²) in [5, 5.41) is 1.85. The number of hydrogen-bond donors (Lipinski definition) is 1. The molecule has 0 saturated carbocycles. The molecule has 0 fully saturated rings. The maximum atomic E-state index is 13.2. The average molecular weight is 527 g/mol. The summed E-state index contributed by atoms with van der Waals surface area (Å²) in [5.41, 5.74) is -1.48. The van der Waals surface area contributed by atoms with Crippen LogP contribution in [0.15, 0.2) is 77.7 Å². The predicted octanol–water partition coefficient (Wildman–Crippen LogP) is 4.98. The lowest BCUT2D eigenvalue weighted by atomic mass is 10.1. The fourth-order valence-corrected chi connectivity index (χ4v) is 4.39. The lowest BCUT2D eigenvalue weighted by Crippen LogP contribution is -2.27. The van der Waals surface area contributed by atoms with Crippen LogP contribution in [0.25, 0.3) is 0 Å². The van der Waals surface area contributed by atoms with E-state index in [1.807, 2.05) is 5.32 Å². The van der Waals surface area contributed by atoms with Crippen molar-refractivity contribution in [3.63, 3.8) is 0 Å². The smallest absolute Gasteiger partial charge is 0.418 e. The van der Waals surface area contributed by atoms with Crippen molar-refractivity contribution in [2.24, 2.45) is 0 Å². The first-order chi connectivity index (χ1) is 16.4. The lowest BCUT2D eigenvalue weighted by molar-refractivity contribution is -0.137. The Labute approximate surface area is 204 Å². The number of ether oxygens (including phenoxy) is 1. The van der Waals surface area contributed by atoms with Gasteiger partial charge in [0.25, 0.3) is 15.9 Å². The van der Waals surface area contributed by atoms with Gasteiger partial charge in [0.05, 0.1) is 27.4 Å². The summed E-state index contributed by atoms with van der Waals surface area (Å²) in [6, 6.07) is 16.0. The van der Waals surface area contributed by atoms with E-state index in [1.54, 1.807) is 30.3 Å². The summed E-state index contributed by atoms with van der Waals surface area (Å²) in [5.74, 6) is -2.06. The fraction of sp³-hybridized carbons (Fsp3) is 0.130. The number of halogens is 4. The van der Waals surface area contributed by atoms with Crippen molar-refractivity contribution in [2.45, 2.75) is 11.1 Å². The monoisotopic (exact) mass is 526 g/mol. The minimum atomic E-state index is -4.77. The number of para-hydroxylation sites is 1. The van der Waals surface area contributed by atoms with Crippen molar-refractivity contribution in [1.82, 2.24) is 0 Å². The molecule has 0 atom stereocenters. The Balaban J connectivity index is 1.70. The molecule has 0 aliphatic heterocycles. The normalized spacial score (nSPS) is 11.6. The maximum absolute atomic E-state index is 13.2. The highest BCUT2D eigenvalue weighted by Gasteiger charge is 2.34. The Morgan fingerprint density at radius 2 is 1.69 bits per heavy atom. The highest BCUT2D eigenvalue weighted by molar-refractivity contribution is 7.92. The molecular formula is C23H18ClF3N2O5S. The van der Waals surface area contributed by atoms with Crippen LogP contribution in [0.3, 0.4) is 0 Å². The Bertz CT molecular complexity index is 1350. The first-order valence-electron chi connectivity index (χ1n) is 9.87. The largest absolute Gasteiger partial charge is 0.452 e. The van der Waals surface area contributed by atoms with Gasteiger partial charge in [-0.05, 0) is 48.5 Å². The molecule has 3 aromatic carbocycles. The predicted molar refractivity (Wildman–Crippen MR) is 124 cm³/mol. The van der Waals surface area contributed by atoms with Crippen molar-refractivity contribution in [1.29, 1.82) is 0 Å². The van der Waals surface area contributed by atoms with Crippen LogP contribution in [0.5, 0.6) is 0 Å².